The van der Waals surface area contributed by atoms with Crippen molar-refractivity contribution in [2.75, 3.05) is 24.5 Å². The lowest BCUT2D eigenvalue weighted by molar-refractivity contribution is 0.255. The molecule has 144 valence electrons. The van der Waals surface area contributed by atoms with Crippen LogP contribution in [0.25, 0.3) is 0 Å². The Kier molecular flexibility index (Phi) is 5.19. The average molecular weight is 386 g/mol. The average Bonchev–Trinajstić information content (AvgIpc) is 3.23. The van der Waals surface area contributed by atoms with Gasteiger partial charge in [-0.05, 0) is 56.4 Å². The van der Waals surface area contributed by atoms with E-state index < -0.39 is 10.0 Å². The number of rotatable bonds is 4. The minimum absolute atomic E-state index is 0.134. The van der Waals surface area contributed by atoms with Gasteiger partial charge in [0.2, 0.25) is 10.0 Å². The van der Waals surface area contributed by atoms with Crippen molar-refractivity contribution in [3.8, 4) is 0 Å². The van der Waals surface area contributed by atoms with Crippen LogP contribution in [0.15, 0.2) is 47.5 Å². The van der Waals surface area contributed by atoms with Crippen LogP contribution in [0.5, 0.6) is 0 Å². The van der Waals surface area contributed by atoms with Crippen LogP contribution < -0.4 is 4.90 Å². The van der Waals surface area contributed by atoms with Gasteiger partial charge in [0.05, 0.1) is 10.9 Å². The molecular weight excluding hydrogens is 358 g/mol. The Balaban J connectivity index is 1.61. The van der Waals surface area contributed by atoms with E-state index in [4.69, 9.17) is 0 Å². The van der Waals surface area contributed by atoms with Crippen LogP contribution >= 0.6 is 0 Å². The highest BCUT2D eigenvalue weighted by Gasteiger charge is 2.34. The highest BCUT2D eigenvalue weighted by Crippen LogP contribution is 2.35. The second-order valence-corrected chi connectivity index (χ2v) is 9.47. The molecule has 0 aliphatic carbocycles. The molecule has 0 spiro atoms. The Morgan fingerprint density at radius 3 is 2.30 bits per heavy atom. The van der Waals surface area contributed by atoms with Gasteiger partial charge in [0.1, 0.15) is 5.82 Å². The van der Waals surface area contributed by atoms with E-state index in [0.717, 1.165) is 49.3 Å². The van der Waals surface area contributed by atoms with E-state index in [0.29, 0.717) is 11.4 Å². The summed E-state index contributed by atoms with van der Waals surface area (Å²) >= 11 is 0. The van der Waals surface area contributed by atoms with Crippen molar-refractivity contribution in [3.63, 3.8) is 0 Å². The van der Waals surface area contributed by atoms with E-state index in [9.17, 15) is 8.42 Å². The summed E-state index contributed by atoms with van der Waals surface area (Å²) in [6, 6.07) is 11.1. The van der Waals surface area contributed by atoms with Crippen molar-refractivity contribution in [1.82, 2.24) is 9.29 Å². The monoisotopic (exact) mass is 385 g/mol. The molecule has 0 saturated carbocycles. The van der Waals surface area contributed by atoms with Crippen LogP contribution in [0.1, 0.15) is 49.3 Å². The fourth-order valence-corrected chi connectivity index (χ4v) is 5.78. The summed E-state index contributed by atoms with van der Waals surface area (Å²) in [6.07, 6.45) is 7.10. The molecule has 1 unspecified atom stereocenters. The Morgan fingerprint density at radius 2 is 1.63 bits per heavy atom. The third-order valence-corrected chi connectivity index (χ3v) is 7.59. The summed E-state index contributed by atoms with van der Waals surface area (Å²) in [7, 11) is -3.51. The number of aryl methyl sites for hydroxylation is 1. The number of hydrogen-bond acceptors (Lipinski definition) is 4. The molecule has 2 aliphatic heterocycles. The predicted octanol–water partition coefficient (Wildman–Crippen LogP) is 3.91. The quantitative estimate of drug-likeness (QED) is 0.801. The molecule has 5 nitrogen and oxygen atoms in total. The minimum Gasteiger partial charge on any atom is -0.357 e. The van der Waals surface area contributed by atoms with E-state index >= 15 is 0 Å². The summed E-state index contributed by atoms with van der Waals surface area (Å²) < 4.78 is 28.2. The second kappa shape index (κ2) is 7.60. The molecule has 0 N–H and O–H groups in total. The summed E-state index contributed by atoms with van der Waals surface area (Å²) in [5.74, 6) is 1.00. The van der Waals surface area contributed by atoms with Gasteiger partial charge < -0.3 is 4.90 Å². The topological polar surface area (TPSA) is 53.5 Å². The third kappa shape index (κ3) is 3.73. The molecule has 4 rings (SSSR count). The fraction of sp³-hybridized carbons (Fsp3) is 0.476. The van der Waals surface area contributed by atoms with Crippen molar-refractivity contribution in [1.29, 1.82) is 0 Å². The number of anilines is 1. The standard InChI is InChI=1S/C21H27N3O2S/c1-17-7-10-19(11-8-17)27(25,26)24-15-3-2-6-20(24)18-9-12-21(22-16-18)23-13-4-5-14-23/h7-12,16,20H,2-6,13-15H2,1H3. The van der Waals surface area contributed by atoms with Gasteiger partial charge >= 0.3 is 0 Å². The van der Waals surface area contributed by atoms with Gasteiger partial charge in [0.25, 0.3) is 0 Å². The van der Waals surface area contributed by atoms with Crippen molar-refractivity contribution < 1.29 is 8.42 Å². The first-order valence-corrected chi connectivity index (χ1v) is 11.3. The first-order chi connectivity index (χ1) is 13.1. The smallest absolute Gasteiger partial charge is 0.243 e. The molecule has 2 aliphatic rings. The zero-order valence-electron chi connectivity index (χ0n) is 15.8. The number of hydrogen-bond donors (Lipinski definition) is 0. The number of nitrogens with zero attached hydrogens (tertiary/aromatic N) is 3. The van der Waals surface area contributed by atoms with Crippen LogP contribution in [0.2, 0.25) is 0 Å². The van der Waals surface area contributed by atoms with E-state index in [-0.39, 0.29) is 6.04 Å². The molecule has 0 amide bonds. The molecule has 0 bridgehead atoms. The summed E-state index contributed by atoms with van der Waals surface area (Å²) in [5.41, 5.74) is 2.05. The largest absolute Gasteiger partial charge is 0.357 e. The van der Waals surface area contributed by atoms with E-state index in [1.165, 1.54) is 12.8 Å². The lowest BCUT2D eigenvalue weighted by Gasteiger charge is -2.35. The maximum Gasteiger partial charge on any atom is 0.243 e. The maximum atomic E-state index is 13.3. The van der Waals surface area contributed by atoms with Gasteiger partial charge in [-0.15, -0.1) is 0 Å². The SMILES string of the molecule is Cc1ccc(S(=O)(=O)N2CCCCC2c2ccc(N3CCCC3)nc2)cc1. The molecule has 3 heterocycles. The molecule has 2 saturated heterocycles. The number of benzene rings is 1. The molecule has 1 aromatic heterocycles. The van der Waals surface area contributed by atoms with Gasteiger partial charge in [0.15, 0.2) is 0 Å². The zero-order valence-corrected chi connectivity index (χ0v) is 16.7. The van der Waals surface area contributed by atoms with E-state index in [1.807, 2.05) is 31.3 Å². The third-order valence-electron chi connectivity index (χ3n) is 5.67. The highest BCUT2D eigenvalue weighted by atomic mass is 32.2. The summed E-state index contributed by atoms with van der Waals surface area (Å²) in [5, 5.41) is 0. The molecule has 27 heavy (non-hydrogen) atoms. The van der Waals surface area contributed by atoms with Crippen LogP contribution in [-0.2, 0) is 10.0 Å². The van der Waals surface area contributed by atoms with Crippen LogP contribution in [0.3, 0.4) is 0 Å². The Morgan fingerprint density at radius 1 is 0.926 bits per heavy atom. The molecule has 0 radical (unpaired) electrons. The zero-order chi connectivity index (χ0) is 18.9. The lowest BCUT2D eigenvalue weighted by atomic mass is 9.99. The molecular formula is C21H27N3O2S. The number of aromatic nitrogens is 1. The molecule has 2 aromatic rings. The second-order valence-electron chi connectivity index (χ2n) is 7.58. The first kappa shape index (κ1) is 18.4. The minimum atomic E-state index is -3.51. The Labute approximate surface area is 162 Å². The summed E-state index contributed by atoms with van der Waals surface area (Å²) in [4.78, 5) is 7.31. The van der Waals surface area contributed by atoms with Crippen molar-refractivity contribution in [2.45, 2.75) is 50.0 Å². The molecule has 2 fully saturated rings. The first-order valence-electron chi connectivity index (χ1n) is 9.85. The summed E-state index contributed by atoms with van der Waals surface area (Å²) in [6.45, 7) is 4.65. The van der Waals surface area contributed by atoms with E-state index in [2.05, 4.69) is 16.0 Å². The number of sulfonamides is 1. The van der Waals surface area contributed by atoms with Gasteiger partial charge in [-0.1, -0.05) is 30.2 Å². The van der Waals surface area contributed by atoms with Gasteiger partial charge in [-0.2, -0.15) is 4.31 Å². The predicted molar refractivity (Wildman–Crippen MR) is 107 cm³/mol. The molecule has 6 heteroatoms. The van der Waals surface area contributed by atoms with Crippen LogP contribution in [0.4, 0.5) is 5.82 Å². The van der Waals surface area contributed by atoms with E-state index in [1.54, 1.807) is 16.4 Å². The van der Waals surface area contributed by atoms with Crippen LogP contribution in [0, 0.1) is 6.92 Å². The van der Waals surface area contributed by atoms with Crippen LogP contribution in [-0.4, -0.2) is 37.3 Å². The highest BCUT2D eigenvalue weighted by molar-refractivity contribution is 7.89. The Hall–Kier alpha value is -1.92. The normalized spacial score (nSPS) is 21.5. The van der Waals surface area contributed by atoms with Gasteiger partial charge in [0, 0.05) is 25.8 Å². The number of piperidine rings is 1. The van der Waals surface area contributed by atoms with Gasteiger partial charge in [-0.3, -0.25) is 0 Å². The van der Waals surface area contributed by atoms with Crippen molar-refractivity contribution in [2.24, 2.45) is 0 Å². The molecule has 1 aromatic carbocycles. The Bertz CT molecular complexity index is 873. The van der Waals surface area contributed by atoms with Crippen molar-refractivity contribution >= 4 is 15.8 Å². The maximum absolute atomic E-state index is 13.3. The van der Waals surface area contributed by atoms with Gasteiger partial charge in [-0.25, -0.2) is 13.4 Å². The van der Waals surface area contributed by atoms with Crippen molar-refractivity contribution in [3.05, 3.63) is 53.7 Å². The number of pyridine rings is 1. The lowest BCUT2D eigenvalue weighted by Crippen LogP contribution is -2.38. The molecule has 1 atom stereocenters. The fourth-order valence-electron chi connectivity index (χ4n) is 4.10.